The number of carbonyl (C=O) groups is 1. The number of carbonyl (C=O) groups excluding carboxylic acids is 1. The maximum Gasteiger partial charge on any atom is 0.289 e. The highest BCUT2D eigenvalue weighted by molar-refractivity contribution is 9.11. The zero-order valence-corrected chi connectivity index (χ0v) is 16.2. The Morgan fingerprint density at radius 1 is 1.42 bits per heavy atom. The van der Waals surface area contributed by atoms with Crippen LogP contribution >= 0.6 is 31.9 Å². The standard InChI is InChI=1S/C15H18Br2N4O3/c1-23-13-9(16)5-8(6-10(13)17)7-11-14(22)21-12(24-11)3-2-4-20-15(18)19/h5-7,12H,2-4H2,1H3,(H,21,22)(H4,18,19,20)/b11-7-/t12-/m0/s1. The van der Waals surface area contributed by atoms with E-state index in [-0.39, 0.29) is 23.9 Å². The molecule has 9 heteroatoms. The molecule has 1 heterocycles. The molecule has 1 aromatic carbocycles. The van der Waals surface area contributed by atoms with Crippen LogP contribution in [0.2, 0.25) is 0 Å². The van der Waals surface area contributed by atoms with Crippen molar-refractivity contribution in [2.75, 3.05) is 13.7 Å². The minimum atomic E-state index is -0.372. The van der Waals surface area contributed by atoms with E-state index in [1.54, 1.807) is 13.2 Å². The summed E-state index contributed by atoms with van der Waals surface area (Å²) in [5.74, 6) is 0.768. The van der Waals surface area contributed by atoms with Crippen LogP contribution in [0.1, 0.15) is 18.4 Å². The van der Waals surface area contributed by atoms with Crippen molar-refractivity contribution >= 4 is 49.8 Å². The number of nitrogens with two attached hydrogens (primary N) is 2. The first-order chi connectivity index (χ1) is 11.4. The van der Waals surface area contributed by atoms with Gasteiger partial charge in [-0.15, -0.1) is 0 Å². The van der Waals surface area contributed by atoms with Gasteiger partial charge >= 0.3 is 0 Å². The molecule has 0 spiro atoms. The van der Waals surface area contributed by atoms with Gasteiger partial charge in [0.25, 0.3) is 5.91 Å². The molecule has 0 bridgehead atoms. The van der Waals surface area contributed by atoms with E-state index < -0.39 is 0 Å². The normalized spacial score (nSPS) is 18.2. The number of benzene rings is 1. The first kappa shape index (κ1) is 18.6. The largest absolute Gasteiger partial charge is 0.494 e. The van der Waals surface area contributed by atoms with Crippen LogP contribution in [-0.4, -0.2) is 31.7 Å². The topological polar surface area (TPSA) is 112 Å². The molecule has 0 saturated carbocycles. The summed E-state index contributed by atoms with van der Waals surface area (Å²) in [6.45, 7) is 0.496. The molecule has 1 aromatic rings. The Morgan fingerprint density at radius 2 is 2.08 bits per heavy atom. The Morgan fingerprint density at radius 3 is 2.67 bits per heavy atom. The highest BCUT2D eigenvalue weighted by Gasteiger charge is 2.27. The summed E-state index contributed by atoms with van der Waals surface area (Å²) in [5, 5.41) is 2.78. The molecule has 0 radical (unpaired) electrons. The number of amides is 1. The lowest BCUT2D eigenvalue weighted by molar-refractivity contribution is -0.116. The highest BCUT2D eigenvalue weighted by Crippen LogP contribution is 2.35. The van der Waals surface area contributed by atoms with Crippen molar-refractivity contribution in [3.63, 3.8) is 0 Å². The van der Waals surface area contributed by atoms with Crippen LogP contribution in [0.25, 0.3) is 6.08 Å². The molecule has 130 valence electrons. The van der Waals surface area contributed by atoms with E-state index >= 15 is 0 Å². The van der Waals surface area contributed by atoms with Crippen LogP contribution in [0.15, 0.2) is 31.8 Å². The third-order valence-electron chi connectivity index (χ3n) is 3.23. The second kappa shape index (κ2) is 8.39. The van der Waals surface area contributed by atoms with Gasteiger partial charge in [-0.05, 0) is 62.1 Å². The fourth-order valence-corrected chi connectivity index (χ4v) is 3.72. The summed E-state index contributed by atoms with van der Waals surface area (Å²) < 4.78 is 12.5. The van der Waals surface area contributed by atoms with Crippen molar-refractivity contribution in [1.82, 2.24) is 5.32 Å². The number of hydrogen-bond acceptors (Lipinski definition) is 4. The maximum absolute atomic E-state index is 12.0. The lowest BCUT2D eigenvalue weighted by Crippen LogP contribution is -2.26. The van der Waals surface area contributed by atoms with Crippen LogP contribution in [0.4, 0.5) is 0 Å². The summed E-state index contributed by atoms with van der Waals surface area (Å²) in [6.07, 6.45) is 2.63. The van der Waals surface area contributed by atoms with Crippen LogP contribution < -0.4 is 21.5 Å². The number of methoxy groups -OCH3 is 1. The fraction of sp³-hybridized carbons (Fsp3) is 0.333. The van der Waals surface area contributed by atoms with Crippen LogP contribution in [-0.2, 0) is 9.53 Å². The van der Waals surface area contributed by atoms with Gasteiger partial charge in [-0.2, -0.15) is 0 Å². The molecule has 0 unspecified atom stereocenters. The molecule has 7 nitrogen and oxygen atoms in total. The van der Waals surface area contributed by atoms with Crippen LogP contribution in [0.5, 0.6) is 5.75 Å². The Labute approximate surface area is 156 Å². The van der Waals surface area contributed by atoms with E-state index in [4.69, 9.17) is 20.9 Å². The van der Waals surface area contributed by atoms with Crippen molar-refractivity contribution in [1.29, 1.82) is 0 Å². The average Bonchev–Trinajstić information content (AvgIpc) is 2.83. The number of halogens is 2. The summed E-state index contributed by atoms with van der Waals surface area (Å²) in [4.78, 5) is 15.9. The lowest BCUT2D eigenvalue weighted by atomic mass is 10.2. The Balaban J connectivity index is 2.03. The number of nitrogens with zero attached hydrogens (tertiary/aromatic N) is 1. The zero-order chi connectivity index (χ0) is 17.7. The second-order valence-corrected chi connectivity index (χ2v) is 6.76. The minimum absolute atomic E-state index is 0.0580. The molecule has 1 amide bonds. The van der Waals surface area contributed by atoms with Crippen molar-refractivity contribution in [2.45, 2.75) is 19.1 Å². The van der Waals surface area contributed by atoms with Gasteiger partial charge in [0, 0.05) is 13.0 Å². The van der Waals surface area contributed by atoms with E-state index in [1.165, 1.54) is 0 Å². The zero-order valence-electron chi connectivity index (χ0n) is 13.0. The Hall–Kier alpha value is -1.74. The molecule has 1 aliphatic heterocycles. The number of hydrogen-bond donors (Lipinski definition) is 3. The Bertz CT molecular complexity index is 664. The number of guanidine groups is 1. The quantitative estimate of drug-likeness (QED) is 0.260. The summed E-state index contributed by atoms with van der Waals surface area (Å²) in [6, 6.07) is 3.69. The molecule has 0 aliphatic carbocycles. The summed E-state index contributed by atoms with van der Waals surface area (Å²) in [7, 11) is 1.59. The van der Waals surface area contributed by atoms with Gasteiger partial charge < -0.3 is 26.3 Å². The predicted octanol–water partition coefficient (Wildman–Crippen LogP) is 2.09. The van der Waals surface area contributed by atoms with Crippen molar-refractivity contribution in [3.8, 4) is 5.75 Å². The molecule has 1 aliphatic rings. The Kier molecular flexibility index (Phi) is 6.50. The molecular weight excluding hydrogens is 444 g/mol. The molecule has 24 heavy (non-hydrogen) atoms. The van der Waals surface area contributed by atoms with Gasteiger partial charge in [0.1, 0.15) is 5.75 Å². The van der Waals surface area contributed by atoms with Crippen molar-refractivity contribution in [3.05, 3.63) is 32.4 Å². The van der Waals surface area contributed by atoms with Gasteiger partial charge in [-0.1, -0.05) is 0 Å². The van der Waals surface area contributed by atoms with Crippen LogP contribution in [0.3, 0.4) is 0 Å². The minimum Gasteiger partial charge on any atom is -0.494 e. The molecule has 5 N–H and O–H groups in total. The van der Waals surface area contributed by atoms with Gasteiger partial charge in [-0.3, -0.25) is 9.79 Å². The van der Waals surface area contributed by atoms with Crippen molar-refractivity contribution in [2.24, 2.45) is 16.5 Å². The lowest BCUT2D eigenvalue weighted by Gasteiger charge is -2.09. The van der Waals surface area contributed by atoms with E-state index in [0.717, 1.165) is 14.5 Å². The van der Waals surface area contributed by atoms with Gasteiger partial charge in [0.15, 0.2) is 17.9 Å². The molecule has 1 atom stereocenters. The molecule has 0 aromatic heterocycles. The number of nitrogens with one attached hydrogen (secondary N) is 1. The molecular formula is C15H18Br2N4O3. The van der Waals surface area contributed by atoms with Gasteiger partial charge in [-0.25, -0.2) is 0 Å². The monoisotopic (exact) mass is 460 g/mol. The summed E-state index contributed by atoms with van der Waals surface area (Å²) >= 11 is 6.86. The molecule has 2 rings (SSSR count). The number of aliphatic imine (C=N–C) groups is 1. The van der Waals surface area contributed by atoms with E-state index in [9.17, 15) is 4.79 Å². The first-order valence-corrected chi connectivity index (χ1v) is 8.77. The second-order valence-electron chi connectivity index (χ2n) is 5.06. The van der Waals surface area contributed by atoms with Gasteiger partial charge in [0.05, 0.1) is 16.1 Å². The van der Waals surface area contributed by atoms with E-state index in [2.05, 4.69) is 42.2 Å². The van der Waals surface area contributed by atoms with Crippen molar-refractivity contribution < 1.29 is 14.3 Å². The summed E-state index contributed by atoms with van der Waals surface area (Å²) in [5.41, 5.74) is 11.3. The SMILES string of the molecule is COc1c(Br)cc(/C=C2\O[C@@H](CCCN=C(N)N)NC2=O)cc1Br. The van der Waals surface area contributed by atoms with E-state index in [0.29, 0.717) is 25.1 Å². The third kappa shape index (κ3) is 4.88. The molecule has 1 fully saturated rings. The fourth-order valence-electron chi connectivity index (χ4n) is 2.18. The van der Waals surface area contributed by atoms with Crippen LogP contribution in [0, 0.1) is 0 Å². The smallest absolute Gasteiger partial charge is 0.289 e. The van der Waals surface area contributed by atoms with E-state index in [1.807, 2.05) is 12.1 Å². The maximum atomic E-state index is 12.0. The molecule has 1 saturated heterocycles. The first-order valence-electron chi connectivity index (χ1n) is 7.18. The average molecular weight is 462 g/mol. The van der Waals surface area contributed by atoms with Gasteiger partial charge in [0.2, 0.25) is 0 Å². The highest BCUT2D eigenvalue weighted by atomic mass is 79.9. The number of ether oxygens (including phenoxy) is 2. The number of rotatable bonds is 6. The third-order valence-corrected chi connectivity index (χ3v) is 4.40. The predicted molar refractivity (Wildman–Crippen MR) is 99.3 cm³/mol.